The SMILES string of the molecule is N=NC(=O)NNc1ccc(-c2ccc3[nH]ccc3c2)cc1. The molecular formula is C15H13N5O. The molecule has 0 saturated carbocycles. The first kappa shape index (κ1) is 12.9. The topological polar surface area (TPSA) is 93.1 Å². The van der Waals surface area contributed by atoms with E-state index >= 15 is 0 Å². The van der Waals surface area contributed by atoms with E-state index in [0.717, 1.165) is 22.3 Å². The van der Waals surface area contributed by atoms with Crippen molar-refractivity contribution in [2.24, 2.45) is 5.11 Å². The largest absolute Gasteiger partial charge is 0.377 e. The van der Waals surface area contributed by atoms with Crippen LogP contribution in [0.15, 0.2) is 59.8 Å². The van der Waals surface area contributed by atoms with Gasteiger partial charge in [0.15, 0.2) is 0 Å². The van der Waals surface area contributed by atoms with Crippen molar-refractivity contribution in [3.63, 3.8) is 0 Å². The fraction of sp³-hybridized carbons (Fsp3) is 0. The maximum absolute atomic E-state index is 10.8. The highest BCUT2D eigenvalue weighted by Gasteiger charge is 2.01. The standard InChI is InChI=1S/C15H13N5O/c16-18-15(21)20-19-13-4-1-10(2-5-13)11-3-6-14-12(9-11)7-8-17-14/h1-9,16-17,19H,(H,20,21). The summed E-state index contributed by atoms with van der Waals surface area (Å²) in [7, 11) is 0. The average molecular weight is 279 g/mol. The van der Waals surface area contributed by atoms with Crippen LogP contribution in [0.4, 0.5) is 10.5 Å². The van der Waals surface area contributed by atoms with Crippen molar-refractivity contribution in [3.8, 4) is 11.1 Å². The lowest BCUT2D eigenvalue weighted by Gasteiger charge is -2.07. The first-order valence-electron chi connectivity index (χ1n) is 6.37. The smallest absolute Gasteiger partial charge is 0.361 e. The number of hydrogen-bond acceptors (Lipinski definition) is 3. The van der Waals surface area contributed by atoms with Crippen LogP contribution in [0, 0.1) is 5.53 Å². The lowest BCUT2D eigenvalue weighted by atomic mass is 10.0. The molecule has 1 aromatic heterocycles. The number of hydrazine groups is 1. The van der Waals surface area contributed by atoms with Gasteiger partial charge in [0, 0.05) is 11.7 Å². The van der Waals surface area contributed by atoms with Gasteiger partial charge in [0.2, 0.25) is 0 Å². The van der Waals surface area contributed by atoms with Crippen LogP contribution in [-0.4, -0.2) is 11.0 Å². The van der Waals surface area contributed by atoms with E-state index in [1.54, 1.807) is 0 Å². The molecule has 0 radical (unpaired) electrons. The minimum atomic E-state index is -0.739. The minimum absolute atomic E-state index is 0.721. The molecule has 0 unspecified atom stereocenters. The number of rotatable bonds is 3. The summed E-state index contributed by atoms with van der Waals surface area (Å²) < 4.78 is 0. The number of aromatic nitrogens is 1. The number of nitrogens with zero attached hydrogens (tertiary/aromatic N) is 1. The molecule has 0 aliphatic rings. The lowest BCUT2D eigenvalue weighted by Crippen LogP contribution is -2.25. The fourth-order valence-electron chi connectivity index (χ4n) is 2.13. The highest BCUT2D eigenvalue weighted by Crippen LogP contribution is 2.25. The lowest BCUT2D eigenvalue weighted by molar-refractivity contribution is 0.249. The summed E-state index contributed by atoms with van der Waals surface area (Å²) in [6, 6.07) is 15.1. The number of urea groups is 1. The summed E-state index contributed by atoms with van der Waals surface area (Å²) in [5.41, 5.74) is 15.5. The van der Waals surface area contributed by atoms with Gasteiger partial charge in [-0.15, -0.1) is 0 Å². The second kappa shape index (κ2) is 5.46. The summed E-state index contributed by atoms with van der Waals surface area (Å²) >= 11 is 0. The molecule has 0 fully saturated rings. The molecule has 21 heavy (non-hydrogen) atoms. The summed E-state index contributed by atoms with van der Waals surface area (Å²) in [6.45, 7) is 0. The van der Waals surface area contributed by atoms with Gasteiger partial charge in [-0.1, -0.05) is 23.3 Å². The van der Waals surface area contributed by atoms with E-state index in [9.17, 15) is 4.79 Å². The van der Waals surface area contributed by atoms with Gasteiger partial charge in [-0.25, -0.2) is 10.2 Å². The number of anilines is 1. The molecule has 104 valence electrons. The molecule has 6 nitrogen and oxygen atoms in total. The Kier molecular flexibility index (Phi) is 3.34. The fourth-order valence-corrected chi connectivity index (χ4v) is 2.13. The van der Waals surface area contributed by atoms with E-state index in [-0.39, 0.29) is 0 Å². The monoisotopic (exact) mass is 279 g/mol. The van der Waals surface area contributed by atoms with E-state index in [1.807, 2.05) is 42.6 Å². The Morgan fingerprint density at radius 1 is 1.05 bits per heavy atom. The van der Waals surface area contributed by atoms with Gasteiger partial charge in [0.05, 0.1) is 5.69 Å². The number of aromatic amines is 1. The summed E-state index contributed by atoms with van der Waals surface area (Å²) in [6.07, 6.45) is 1.92. The van der Waals surface area contributed by atoms with Crippen LogP contribution >= 0.6 is 0 Å². The second-order valence-electron chi connectivity index (χ2n) is 4.52. The highest BCUT2D eigenvalue weighted by atomic mass is 16.2. The minimum Gasteiger partial charge on any atom is -0.361 e. The number of carbonyl (C=O) groups is 1. The molecule has 0 atom stereocenters. The molecule has 3 aromatic rings. The van der Waals surface area contributed by atoms with Crippen LogP contribution in [0.25, 0.3) is 22.0 Å². The Bertz CT molecular complexity index is 791. The van der Waals surface area contributed by atoms with Crippen LogP contribution in [-0.2, 0) is 0 Å². The molecule has 0 aliphatic heterocycles. The predicted octanol–water partition coefficient (Wildman–Crippen LogP) is 3.90. The van der Waals surface area contributed by atoms with Crippen molar-refractivity contribution in [2.75, 3.05) is 5.43 Å². The zero-order valence-electron chi connectivity index (χ0n) is 11.1. The van der Waals surface area contributed by atoms with E-state index in [0.29, 0.717) is 0 Å². The molecular weight excluding hydrogens is 266 g/mol. The molecule has 0 saturated heterocycles. The normalized spacial score (nSPS) is 10.3. The quantitative estimate of drug-likeness (QED) is 0.432. The zero-order valence-corrected chi connectivity index (χ0v) is 11.1. The van der Waals surface area contributed by atoms with Crippen LogP contribution in [0.5, 0.6) is 0 Å². The van der Waals surface area contributed by atoms with Crippen LogP contribution < -0.4 is 10.9 Å². The van der Waals surface area contributed by atoms with Crippen molar-refractivity contribution in [1.29, 1.82) is 5.53 Å². The Morgan fingerprint density at radius 3 is 2.57 bits per heavy atom. The van der Waals surface area contributed by atoms with Crippen molar-refractivity contribution in [3.05, 3.63) is 54.7 Å². The van der Waals surface area contributed by atoms with Crippen molar-refractivity contribution >= 4 is 22.6 Å². The van der Waals surface area contributed by atoms with Crippen LogP contribution in [0.3, 0.4) is 0 Å². The number of fused-ring (bicyclic) bond motifs is 1. The molecule has 3 rings (SSSR count). The number of H-pyrrole nitrogens is 1. The number of carbonyl (C=O) groups excluding carboxylic acids is 1. The number of hydrogen-bond donors (Lipinski definition) is 4. The van der Waals surface area contributed by atoms with Gasteiger partial charge in [-0.3, -0.25) is 5.43 Å². The molecule has 2 amide bonds. The highest BCUT2D eigenvalue weighted by molar-refractivity contribution is 5.85. The third-order valence-electron chi connectivity index (χ3n) is 3.19. The van der Waals surface area contributed by atoms with Crippen molar-refractivity contribution < 1.29 is 4.79 Å². The predicted molar refractivity (Wildman–Crippen MR) is 81.0 cm³/mol. The first-order valence-corrected chi connectivity index (χ1v) is 6.37. The second-order valence-corrected chi connectivity index (χ2v) is 4.52. The Morgan fingerprint density at radius 2 is 1.81 bits per heavy atom. The van der Waals surface area contributed by atoms with E-state index in [1.165, 1.54) is 5.39 Å². The Labute approximate surface area is 120 Å². The van der Waals surface area contributed by atoms with E-state index < -0.39 is 6.03 Å². The van der Waals surface area contributed by atoms with Gasteiger partial charge in [0.25, 0.3) is 0 Å². The first-order chi connectivity index (χ1) is 10.3. The number of amides is 2. The number of nitrogens with one attached hydrogen (secondary N) is 4. The van der Waals surface area contributed by atoms with Crippen molar-refractivity contribution in [2.45, 2.75) is 0 Å². The average Bonchev–Trinajstić information content (AvgIpc) is 3.00. The van der Waals surface area contributed by atoms with Crippen LogP contribution in [0.1, 0.15) is 0 Å². The third kappa shape index (κ3) is 2.74. The van der Waals surface area contributed by atoms with Crippen LogP contribution in [0.2, 0.25) is 0 Å². The van der Waals surface area contributed by atoms with Gasteiger partial charge in [0.1, 0.15) is 0 Å². The molecule has 0 bridgehead atoms. The van der Waals surface area contributed by atoms with Crippen molar-refractivity contribution in [1.82, 2.24) is 10.4 Å². The molecule has 2 aromatic carbocycles. The maximum Gasteiger partial charge on any atom is 0.377 e. The summed E-state index contributed by atoms with van der Waals surface area (Å²) in [4.78, 5) is 14.0. The number of benzene rings is 2. The maximum atomic E-state index is 10.8. The van der Waals surface area contributed by atoms with E-state index in [2.05, 4.69) is 33.1 Å². The summed E-state index contributed by atoms with van der Waals surface area (Å²) in [5.74, 6) is 0. The molecule has 4 N–H and O–H groups in total. The molecule has 6 heteroatoms. The van der Waals surface area contributed by atoms with Gasteiger partial charge >= 0.3 is 6.03 Å². The zero-order chi connectivity index (χ0) is 14.7. The Hall–Kier alpha value is -3.15. The molecule has 0 spiro atoms. The van der Waals surface area contributed by atoms with Gasteiger partial charge < -0.3 is 4.98 Å². The molecule has 0 aliphatic carbocycles. The van der Waals surface area contributed by atoms with Gasteiger partial charge in [-0.2, -0.15) is 5.53 Å². The third-order valence-corrected chi connectivity index (χ3v) is 3.19. The summed E-state index contributed by atoms with van der Waals surface area (Å²) in [5, 5.41) is 3.89. The van der Waals surface area contributed by atoms with E-state index in [4.69, 9.17) is 5.53 Å². The Balaban J connectivity index is 1.79. The molecule has 1 heterocycles. The van der Waals surface area contributed by atoms with Gasteiger partial charge in [-0.05, 0) is 46.8 Å².